The summed E-state index contributed by atoms with van der Waals surface area (Å²) in [6, 6.07) is 0.340. The van der Waals surface area contributed by atoms with Crippen molar-refractivity contribution in [2.75, 3.05) is 13.1 Å². The molecular weight excluding hydrogens is 252 g/mol. The Hall–Kier alpha value is -0.650. The van der Waals surface area contributed by atoms with Gasteiger partial charge in [0.2, 0.25) is 5.89 Å². The molecule has 1 saturated heterocycles. The van der Waals surface area contributed by atoms with Crippen LogP contribution < -0.4 is 5.73 Å². The highest BCUT2D eigenvalue weighted by atomic mass is 35.5. The van der Waals surface area contributed by atoms with Crippen LogP contribution in [0.4, 0.5) is 0 Å². The molecule has 2 N–H and O–H groups in total. The largest absolute Gasteiger partial charge is 0.339 e. The molecule has 6 heteroatoms. The second kappa shape index (κ2) is 7.07. The van der Waals surface area contributed by atoms with E-state index >= 15 is 0 Å². The van der Waals surface area contributed by atoms with E-state index in [1.807, 2.05) is 0 Å². The Labute approximate surface area is 115 Å². The summed E-state index contributed by atoms with van der Waals surface area (Å²) in [6.45, 7) is 7.15. The third-order valence-corrected chi connectivity index (χ3v) is 3.39. The van der Waals surface area contributed by atoms with Crippen LogP contribution in [-0.2, 0) is 13.0 Å². The molecule has 1 aromatic rings. The molecule has 0 aliphatic carbocycles. The van der Waals surface area contributed by atoms with Gasteiger partial charge in [0.1, 0.15) is 0 Å². The summed E-state index contributed by atoms with van der Waals surface area (Å²) in [7, 11) is 0. The number of hydrogen-bond donors (Lipinski definition) is 1. The molecule has 1 aliphatic rings. The molecule has 104 valence electrons. The Morgan fingerprint density at radius 3 is 2.94 bits per heavy atom. The average molecular weight is 275 g/mol. The lowest BCUT2D eigenvalue weighted by atomic mass is 9.95. The number of halogens is 1. The lowest BCUT2D eigenvalue weighted by Crippen LogP contribution is -2.45. The van der Waals surface area contributed by atoms with Crippen LogP contribution in [0.3, 0.4) is 0 Å². The normalized spacial score (nSPS) is 24.8. The summed E-state index contributed by atoms with van der Waals surface area (Å²) in [4.78, 5) is 6.74. The third kappa shape index (κ3) is 3.93. The van der Waals surface area contributed by atoms with Gasteiger partial charge in [-0.1, -0.05) is 19.0 Å². The summed E-state index contributed by atoms with van der Waals surface area (Å²) < 4.78 is 5.18. The highest BCUT2D eigenvalue weighted by molar-refractivity contribution is 5.85. The van der Waals surface area contributed by atoms with Crippen LogP contribution in [0.5, 0.6) is 0 Å². The lowest BCUT2D eigenvalue weighted by molar-refractivity contribution is 0.153. The van der Waals surface area contributed by atoms with Crippen LogP contribution in [-0.4, -0.2) is 34.2 Å². The monoisotopic (exact) mass is 274 g/mol. The molecule has 18 heavy (non-hydrogen) atoms. The van der Waals surface area contributed by atoms with Crippen LogP contribution in [0, 0.1) is 5.92 Å². The van der Waals surface area contributed by atoms with Crippen molar-refractivity contribution in [1.29, 1.82) is 0 Å². The van der Waals surface area contributed by atoms with E-state index in [0.29, 0.717) is 12.0 Å². The predicted octanol–water partition coefficient (Wildman–Crippen LogP) is 1.61. The van der Waals surface area contributed by atoms with Gasteiger partial charge in [0.15, 0.2) is 5.82 Å². The zero-order valence-corrected chi connectivity index (χ0v) is 11.9. The van der Waals surface area contributed by atoms with Crippen LogP contribution >= 0.6 is 12.4 Å². The quantitative estimate of drug-likeness (QED) is 0.903. The van der Waals surface area contributed by atoms with E-state index in [9.17, 15) is 0 Å². The first-order chi connectivity index (χ1) is 8.19. The smallest absolute Gasteiger partial charge is 0.226 e. The molecule has 1 aromatic heterocycles. The number of rotatable bonds is 4. The fourth-order valence-electron chi connectivity index (χ4n) is 2.26. The molecule has 0 saturated carbocycles. The maximum Gasteiger partial charge on any atom is 0.226 e. The highest BCUT2D eigenvalue weighted by Gasteiger charge is 2.24. The summed E-state index contributed by atoms with van der Waals surface area (Å²) in [5.74, 6) is 2.10. The van der Waals surface area contributed by atoms with Gasteiger partial charge in [-0.05, 0) is 18.8 Å². The van der Waals surface area contributed by atoms with Crippen molar-refractivity contribution in [2.24, 2.45) is 11.7 Å². The molecule has 0 aromatic carbocycles. The van der Waals surface area contributed by atoms with Gasteiger partial charge in [-0.25, -0.2) is 0 Å². The molecule has 0 radical (unpaired) electrons. The van der Waals surface area contributed by atoms with Crippen molar-refractivity contribution in [1.82, 2.24) is 15.0 Å². The molecule has 0 bridgehead atoms. The zero-order valence-electron chi connectivity index (χ0n) is 11.1. The van der Waals surface area contributed by atoms with Crippen LogP contribution in [0.2, 0.25) is 0 Å². The molecule has 1 fully saturated rings. The minimum absolute atomic E-state index is 0. The Kier molecular flexibility index (Phi) is 6.05. The van der Waals surface area contributed by atoms with Crippen LogP contribution in [0.25, 0.3) is 0 Å². The molecule has 2 unspecified atom stereocenters. The standard InChI is InChI=1S/C12H22N4O.ClH/c1-3-4-12-14-11(15-17-12)8-16-6-5-10(13)9(2)7-16;/h9-10H,3-8,13H2,1-2H3;1H. The van der Waals surface area contributed by atoms with Gasteiger partial charge in [-0.3, -0.25) is 4.90 Å². The second-order valence-corrected chi connectivity index (χ2v) is 5.02. The Morgan fingerprint density at radius 1 is 1.50 bits per heavy atom. The van der Waals surface area contributed by atoms with E-state index in [4.69, 9.17) is 10.3 Å². The Balaban J connectivity index is 0.00000162. The van der Waals surface area contributed by atoms with Crippen molar-refractivity contribution in [2.45, 2.75) is 45.7 Å². The van der Waals surface area contributed by atoms with Crippen molar-refractivity contribution in [3.63, 3.8) is 0 Å². The SMILES string of the molecule is CCCc1nc(CN2CCC(N)C(C)C2)no1.Cl. The number of nitrogens with zero attached hydrogens (tertiary/aromatic N) is 3. The summed E-state index contributed by atoms with van der Waals surface area (Å²) in [6.07, 6.45) is 2.96. The molecule has 2 atom stereocenters. The van der Waals surface area contributed by atoms with Gasteiger partial charge in [0.05, 0.1) is 6.54 Å². The number of nitrogens with two attached hydrogens (primary N) is 1. The molecule has 2 rings (SSSR count). The molecule has 1 aliphatic heterocycles. The van der Waals surface area contributed by atoms with E-state index < -0.39 is 0 Å². The fourth-order valence-corrected chi connectivity index (χ4v) is 2.26. The fraction of sp³-hybridized carbons (Fsp3) is 0.833. The summed E-state index contributed by atoms with van der Waals surface area (Å²) >= 11 is 0. The average Bonchev–Trinajstić information content (AvgIpc) is 2.72. The highest BCUT2D eigenvalue weighted by Crippen LogP contribution is 2.16. The van der Waals surface area contributed by atoms with Gasteiger partial charge in [0.25, 0.3) is 0 Å². The van der Waals surface area contributed by atoms with Crippen molar-refractivity contribution in [3.05, 3.63) is 11.7 Å². The minimum Gasteiger partial charge on any atom is -0.339 e. The van der Waals surface area contributed by atoms with E-state index in [-0.39, 0.29) is 12.4 Å². The predicted molar refractivity (Wildman–Crippen MR) is 72.6 cm³/mol. The lowest BCUT2D eigenvalue weighted by Gasteiger charge is -2.34. The Bertz CT molecular complexity index is 358. The second-order valence-electron chi connectivity index (χ2n) is 5.02. The van der Waals surface area contributed by atoms with E-state index in [1.165, 1.54) is 0 Å². The Morgan fingerprint density at radius 2 is 2.28 bits per heavy atom. The van der Waals surface area contributed by atoms with Crippen LogP contribution in [0.1, 0.15) is 38.4 Å². The first-order valence-electron chi connectivity index (χ1n) is 6.48. The van der Waals surface area contributed by atoms with Gasteiger partial charge >= 0.3 is 0 Å². The molecule has 0 spiro atoms. The minimum atomic E-state index is 0. The van der Waals surface area contributed by atoms with Crippen molar-refractivity contribution >= 4 is 12.4 Å². The molecule has 0 amide bonds. The summed E-state index contributed by atoms with van der Waals surface area (Å²) in [5, 5.41) is 4.01. The first-order valence-corrected chi connectivity index (χ1v) is 6.48. The van der Waals surface area contributed by atoms with Gasteiger partial charge < -0.3 is 10.3 Å². The molecule has 2 heterocycles. The topological polar surface area (TPSA) is 68.2 Å². The summed E-state index contributed by atoms with van der Waals surface area (Å²) in [5.41, 5.74) is 6.00. The first kappa shape index (κ1) is 15.4. The zero-order chi connectivity index (χ0) is 12.3. The molecule has 5 nitrogen and oxygen atoms in total. The van der Waals surface area contributed by atoms with Crippen molar-refractivity contribution in [3.8, 4) is 0 Å². The van der Waals surface area contributed by atoms with Crippen LogP contribution in [0.15, 0.2) is 4.52 Å². The van der Waals surface area contributed by atoms with Crippen molar-refractivity contribution < 1.29 is 4.52 Å². The maximum atomic E-state index is 6.00. The van der Waals surface area contributed by atoms with Gasteiger partial charge in [-0.2, -0.15) is 4.98 Å². The number of aromatic nitrogens is 2. The van der Waals surface area contributed by atoms with E-state index in [2.05, 4.69) is 28.9 Å². The number of likely N-dealkylation sites (tertiary alicyclic amines) is 1. The number of hydrogen-bond acceptors (Lipinski definition) is 5. The van der Waals surface area contributed by atoms with Gasteiger partial charge in [0, 0.05) is 25.6 Å². The molecular formula is C12H23ClN4O. The van der Waals surface area contributed by atoms with Gasteiger partial charge in [-0.15, -0.1) is 12.4 Å². The van der Waals surface area contributed by atoms with E-state index in [0.717, 1.165) is 50.6 Å². The number of piperidine rings is 1. The van der Waals surface area contributed by atoms with E-state index in [1.54, 1.807) is 0 Å². The number of aryl methyl sites for hydroxylation is 1. The third-order valence-electron chi connectivity index (χ3n) is 3.39. The maximum absolute atomic E-state index is 6.00.